The van der Waals surface area contributed by atoms with Crippen LogP contribution in [0.4, 0.5) is 0 Å². The number of hydrogen-bond acceptors (Lipinski definition) is 2. The SMILES string of the molecule is C=CCNC(N)=NCCCc1cccc(OC)c1. The van der Waals surface area contributed by atoms with Crippen molar-refractivity contribution in [2.24, 2.45) is 10.7 Å². The van der Waals surface area contributed by atoms with Crippen molar-refractivity contribution in [3.8, 4) is 5.75 Å². The van der Waals surface area contributed by atoms with Crippen LogP contribution in [-0.2, 0) is 6.42 Å². The maximum atomic E-state index is 5.66. The number of nitrogens with zero attached hydrogens (tertiary/aromatic N) is 1. The Balaban J connectivity index is 2.30. The van der Waals surface area contributed by atoms with Crippen molar-refractivity contribution >= 4 is 5.96 Å². The number of guanidine groups is 1. The van der Waals surface area contributed by atoms with Gasteiger partial charge in [-0.1, -0.05) is 18.2 Å². The number of nitrogens with two attached hydrogens (primary N) is 1. The monoisotopic (exact) mass is 247 g/mol. The Morgan fingerprint density at radius 2 is 2.39 bits per heavy atom. The first kappa shape index (κ1) is 14.1. The number of aliphatic imine (C=N–C) groups is 1. The van der Waals surface area contributed by atoms with Gasteiger partial charge in [-0.25, -0.2) is 0 Å². The Bertz CT molecular complexity index is 402. The first-order chi connectivity index (χ1) is 8.76. The van der Waals surface area contributed by atoms with E-state index in [1.165, 1.54) is 5.56 Å². The highest BCUT2D eigenvalue weighted by atomic mass is 16.5. The van der Waals surface area contributed by atoms with Gasteiger partial charge in [-0.2, -0.15) is 0 Å². The molecule has 0 spiro atoms. The van der Waals surface area contributed by atoms with E-state index in [2.05, 4.69) is 23.0 Å². The van der Waals surface area contributed by atoms with E-state index in [0.717, 1.165) is 18.6 Å². The van der Waals surface area contributed by atoms with Gasteiger partial charge in [-0.05, 0) is 30.5 Å². The molecule has 0 aliphatic heterocycles. The third-order valence-corrected chi connectivity index (χ3v) is 2.47. The first-order valence-corrected chi connectivity index (χ1v) is 6.04. The highest BCUT2D eigenvalue weighted by molar-refractivity contribution is 5.77. The Morgan fingerprint density at radius 3 is 3.11 bits per heavy atom. The number of benzene rings is 1. The maximum absolute atomic E-state index is 5.66. The van der Waals surface area contributed by atoms with Gasteiger partial charge in [0.2, 0.25) is 0 Å². The lowest BCUT2D eigenvalue weighted by Gasteiger charge is -2.04. The van der Waals surface area contributed by atoms with E-state index in [1.54, 1.807) is 13.2 Å². The summed E-state index contributed by atoms with van der Waals surface area (Å²) < 4.78 is 5.18. The lowest BCUT2D eigenvalue weighted by atomic mass is 10.1. The summed E-state index contributed by atoms with van der Waals surface area (Å²) in [7, 11) is 1.68. The maximum Gasteiger partial charge on any atom is 0.188 e. The summed E-state index contributed by atoms with van der Waals surface area (Å²) >= 11 is 0. The molecule has 18 heavy (non-hydrogen) atoms. The van der Waals surface area contributed by atoms with Crippen LogP contribution >= 0.6 is 0 Å². The van der Waals surface area contributed by atoms with E-state index in [0.29, 0.717) is 19.0 Å². The fraction of sp³-hybridized carbons (Fsp3) is 0.357. The summed E-state index contributed by atoms with van der Waals surface area (Å²) in [6.07, 6.45) is 3.68. The summed E-state index contributed by atoms with van der Waals surface area (Å²) in [6, 6.07) is 8.07. The smallest absolute Gasteiger partial charge is 0.188 e. The third kappa shape index (κ3) is 5.39. The van der Waals surface area contributed by atoms with E-state index < -0.39 is 0 Å². The molecular formula is C14H21N3O. The van der Waals surface area contributed by atoms with Crippen LogP contribution in [0.1, 0.15) is 12.0 Å². The average Bonchev–Trinajstić information content (AvgIpc) is 2.41. The van der Waals surface area contributed by atoms with Crippen LogP contribution < -0.4 is 15.8 Å². The van der Waals surface area contributed by atoms with Crippen LogP contribution in [-0.4, -0.2) is 26.2 Å². The summed E-state index contributed by atoms with van der Waals surface area (Å²) in [4.78, 5) is 4.22. The lowest BCUT2D eigenvalue weighted by Crippen LogP contribution is -2.31. The second kappa shape index (κ2) is 8.17. The summed E-state index contributed by atoms with van der Waals surface area (Å²) in [6.45, 7) is 4.96. The molecule has 3 N–H and O–H groups in total. The molecule has 0 aromatic heterocycles. The molecule has 4 nitrogen and oxygen atoms in total. The van der Waals surface area contributed by atoms with Gasteiger partial charge in [-0.15, -0.1) is 6.58 Å². The minimum Gasteiger partial charge on any atom is -0.497 e. The third-order valence-electron chi connectivity index (χ3n) is 2.47. The molecule has 0 saturated heterocycles. The topological polar surface area (TPSA) is 59.6 Å². The summed E-state index contributed by atoms with van der Waals surface area (Å²) in [5, 5.41) is 2.94. The summed E-state index contributed by atoms with van der Waals surface area (Å²) in [5.74, 6) is 1.36. The van der Waals surface area contributed by atoms with E-state index in [1.807, 2.05) is 18.2 Å². The minimum absolute atomic E-state index is 0.473. The second-order valence-electron chi connectivity index (χ2n) is 3.89. The zero-order valence-electron chi connectivity index (χ0n) is 10.9. The molecule has 0 heterocycles. The van der Waals surface area contributed by atoms with Crippen molar-refractivity contribution in [3.63, 3.8) is 0 Å². The fourth-order valence-electron chi connectivity index (χ4n) is 1.54. The van der Waals surface area contributed by atoms with Crippen molar-refractivity contribution in [3.05, 3.63) is 42.5 Å². The molecule has 1 aromatic rings. The first-order valence-electron chi connectivity index (χ1n) is 6.04. The van der Waals surface area contributed by atoms with E-state index in [-0.39, 0.29) is 0 Å². The predicted octanol–water partition coefficient (Wildman–Crippen LogP) is 1.72. The number of rotatable bonds is 7. The Labute approximate surface area is 109 Å². The molecule has 4 heteroatoms. The summed E-state index contributed by atoms with van der Waals surface area (Å²) in [5.41, 5.74) is 6.91. The largest absolute Gasteiger partial charge is 0.497 e. The molecule has 0 saturated carbocycles. The van der Waals surface area contributed by atoms with Crippen molar-refractivity contribution < 1.29 is 4.74 Å². The quantitative estimate of drug-likeness (QED) is 0.334. The van der Waals surface area contributed by atoms with Crippen molar-refractivity contribution in [1.29, 1.82) is 0 Å². The molecule has 0 aliphatic carbocycles. The average molecular weight is 247 g/mol. The van der Waals surface area contributed by atoms with E-state index >= 15 is 0 Å². The molecule has 1 aromatic carbocycles. The molecule has 98 valence electrons. The van der Waals surface area contributed by atoms with Crippen LogP contribution in [0, 0.1) is 0 Å². The Morgan fingerprint density at radius 1 is 1.56 bits per heavy atom. The van der Waals surface area contributed by atoms with Gasteiger partial charge < -0.3 is 15.8 Å². The molecule has 0 unspecified atom stereocenters. The molecular weight excluding hydrogens is 226 g/mol. The number of nitrogens with one attached hydrogen (secondary N) is 1. The van der Waals surface area contributed by atoms with Gasteiger partial charge in [0.15, 0.2) is 5.96 Å². The zero-order chi connectivity index (χ0) is 13.2. The van der Waals surface area contributed by atoms with Gasteiger partial charge in [0, 0.05) is 13.1 Å². The van der Waals surface area contributed by atoms with E-state index in [9.17, 15) is 0 Å². The van der Waals surface area contributed by atoms with Crippen molar-refractivity contribution in [2.45, 2.75) is 12.8 Å². The molecule has 0 amide bonds. The van der Waals surface area contributed by atoms with Gasteiger partial charge in [-0.3, -0.25) is 4.99 Å². The van der Waals surface area contributed by atoms with Crippen LogP contribution in [0.3, 0.4) is 0 Å². The fourth-order valence-corrected chi connectivity index (χ4v) is 1.54. The molecule has 0 bridgehead atoms. The number of hydrogen-bond donors (Lipinski definition) is 2. The number of methoxy groups -OCH3 is 1. The van der Waals surface area contributed by atoms with Gasteiger partial charge in [0.1, 0.15) is 5.75 Å². The normalized spacial score (nSPS) is 11.1. The lowest BCUT2D eigenvalue weighted by molar-refractivity contribution is 0.414. The van der Waals surface area contributed by atoms with Gasteiger partial charge in [0.05, 0.1) is 7.11 Å². The number of aryl methyl sites for hydroxylation is 1. The van der Waals surface area contributed by atoms with E-state index in [4.69, 9.17) is 10.5 Å². The molecule has 1 rings (SSSR count). The van der Waals surface area contributed by atoms with Crippen LogP contribution in [0.2, 0.25) is 0 Å². The molecule has 0 fully saturated rings. The van der Waals surface area contributed by atoms with Crippen LogP contribution in [0.5, 0.6) is 5.75 Å². The molecule has 0 aliphatic rings. The van der Waals surface area contributed by atoms with Crippen LogP contribution in [0.15, 0.2) is 41.9 Å². The Hall–Kier alpha value is -1.97. The van der Waals surface area contributed by atoms with Gasteiger partial charge >= 0.3 is 0 Å². The standard InChI is InChI=1S/C14H21N3O/c1-3-9-16-14(15)17-10-5-7-12-6-4-8-13(11-12)18-2/h3-4,6,8,11H,1,5,7,9-10H2,2H3,(H3,15,16,17). The highest BCUT2D eigenvalue weighted by Gasteiger charge is 1.96. The Kier molecular flexibility index (Phi) is 6.40. The van der Waals surface area contributed by atoms with Gasteiger partial charge in [0.25, 0.3) is 0 Å². The predicted molar refractivity (Wildman–Crippen MR) is 76.0 cm³/mol. The number of ether oxygens (including phenoxy) is 1. The molecule has 0 atom stereocenters. The highest BCUT2D eigenvalue weighted by Crippen LogP contribution is 2.13. The molecule has 0 radical (unpaired) electrons. The minimum atomic E-state index is 0.473. The van der Waals surface area contributed by atoms with Crippen molar-refractivity contribution in [1.82, 2.24) is 5.32 Å². The zero-order valence-corrected chi connectivity index (χ0v) is 10.9. The van der Waals surface area contributed by atoms with Crippen molar-refractivity contribution in [2.75, 3.05) is 20.2 Å². The van der Waals surface area contributed by atoms with Crippen LogP contribution in [0.25, 0.3) is 0 Å². The second-order valence-corrected chi connectivity index (χ2v) is 3.89.